The Hall–Kier alpha value is -2.67. The summed E-state index contributed by atoms with van der Waals surface area (Å²) in [5, 5.41) is 12.5. The fraction of sp³-hybridized carbons (Fsp3) is 0.278. The largest absolute Gasteiger partial charge is 0.351 e. The number of hydrogen-bond acceptors (Lipinski definition) is 3. The first-order chi connectivity index (χ1) is 10.7. The van der Waals surface area contributed by atoms with Crippen LogP contribution in [-0.2, 0) is 24.2 Å². The van der Waals surface area contributed by atoms with Crippen LogP contribution in [0.5, 0.6) is 0 Å². The van der Waals surface area contributed by atoms with E-state index < -0.39 is 5.41 Å². The predicted molar refractivity (Wildman–Crippen MR) is 82.6 cm³/mol. The minimum atomic E-state index is -0.962. The average molecular weight is 291 g/mol. The highest BCUT2D eigenvalue weighted by atomic mass is 16.2. The molecule has 0 aliphatic heterocycles. The summed E-state index contributed by atoms with van der Waals surface area (Å²) in [6.07, 6.45) is 5.23. The number of carbonyl (C=O) groups is 1. The molecular formula is C18H17N3O. The number of amides is 1. The Morgan fingerprint density at radius 3 is 2.82 bits per heavy atom. The third-order valence-corrected chi connectivity index (χ3v) is 4.26. The van der Waals surface area contributed by atoms with Crippen LogP contribution in [0.4, 0.5) is 0 Å². The molecule has 2 aromatic rings. The highest BCUT2D eigenvalue weighted by molar-refractivity contribution is 5.86. The van der Waals surface area contributed by atoms with Crippen molar-refractivity contribution in [2.45, 2.75) is 25.8 Å². The van der Waals surface area contributed by atoms with Gasteiger partial charge in [-0.25, -0.2) is 0 Å². The average Bonchev–Trinajstić information content (AvgIpc) is 2.60. The quantitative estimate of drug-likeness (QED) is 0.944. The van der Waals surface area contributed by atoms with Crippen LogP contribution in [0.2, 0.25) is 0 Å². The molecule has 0 saturated heterocycles. The zero-order valence-electron chi connectivity index (χ0n) is 12.2. The lowest BCUT2D eigenvalue weighted by atomic mass is 9.72. The molecule has 1 aromatic carbocycles. The Kier molecular flexibility index (Phi) is 3.88. The third-order valence-electron chi connectivity index (χ3n) is 4.26. The first-order valence-electron chi connectivity index (χ1n) is 7.39. The highest BCUT2D eigenvalue weighted by Gasteiger charge is 2.41. The summed E-state index contributed by atoms with van der Waals surface area (Å²) in [5.41, 5.74) is 2.32. The predicted octanol–water partition coefficient (Wildman–Crippen LogP) is 2.40. The molecule has 1 N–H and O–H groups in total. The minimum absolute atomic E-state index is 0.187. The molecule has 1 amide bonds. The van der Waals surface area contributed by atoms with Crippen molar-refractivity contribution in [3.63, 3.8) is 0 Å². The zero-order valence-corrected chi connectivity index (χ0v) is 12.2. The molecule has 1 aromatic heterocycles. The van der Waals surface area contributed by atoms with Crippen LogP contribution in [0.15, 0.2) is 48.8 Å². The number of rotatable bonds is 3. The molecule has 1 aliphatic rings. The summed E-state index contributed by atoms with van der Waals surface area (Å²) in [6.45, 7) is 0.401. The van der Waals surface area contributed by atoms with Gasteiger partial charge < -0.3 is 5.32 Å². The van der Waals surface area contributed by atoms with Gasteiger partial charge in [-0.1, -0.05) is 30.3 Å². The van der Waals surface area contributed by atoms with Crippen LogP contribution in [0.25, 0.3) is 0 Å². The second-order valence-corrected chi connectivity index (χ2v) is 5.68. The highest BCUT2D eigenvalue weighted by Crippen LogP contribution is 2.35. The summed E-state index contributed by atoms with van der Waals surface area (Å²) in [6, 6.07) is 14.0. The van der Waals surface area contributed by atoms with Crippen molar-refractivity contribution in [1.29, 1.82) is 5.26 Å². The number of fused-ring (bicyclic) bond motifs is 1. The summed E-state index contributed by atoms with van der Waals surface area (Å²) in [4.78, 5) is 16.6. The van der Waals surface area contributed by atoms with E-state index in [1.165, 1.54) is 5.56 Å². The van der Waals surface area contributed by atoms with E-state index >= 15 is 0 Å². The molecule has 1 heterocycles. The number of hydrogen-bond donors (Lipinski definition) is 1. The number of pyridine rings is 1. The molecule has 0 fully saturated rings. The van der Waals surface area contributed by atoms with E-state index in [1.54, 1.807) is 12.4 Å². The first-order valence-corrected chi connectivity index (χ1v) is 7.39. The minimum Gasteiger partial charge on any atom is -0.351 e. The normalized spacial score (nSPS) is 19.8. The number of nitrogens with one attached hydrogen (secondary N) is 1. The second-order valence-electron chi connectivity index (χ2n) is 5.68. The standard InChI is InChI=1S/C18H17N3O/c19-13-18(8-7-15-5-1-2-6-16(15)10-18)17(22)21-12-14-4-3-9-20-11-14/h1-6,9,11H,7-8,10,12H2,(H,21,22). The molecule has 3 rings (SSSR count). The maximum Gasteiger partial charge on any atom is 0.241 e. The van der Waals surface area contributed by atoms with Gasteiger partial charge in [0.1, 0.15) is 5.41 Å². The molecule has 0 bridgehead atoms. The number of carbonyl (C=O) groups excluding carboxylic acids is 1. The van der Waals surface area contributed by atoms with Crippen molar-refractivity contribution in [3.8, 4) is 6.07 Å². The Labute approximate surface area is 129 Å². The fourth-order valence-corrected chi connectivity index (χ4v) is 2.93. The molecule has 4 nitrogen and oxygen atoms in total. The number of aryl methyl sites for hydroxylation is 1. The smallest absolute Gasteiger partial charge is 0.241 e. The molecule has 0 saturated carbocycles. The van der Waals surface area contributed by atoms with Crippen molar-refractivity contribution in [2.24, 2.45) is 5.41 Å². The molecule has 1 aliphatic carbocycles. The third kappa shape index (κ3) is 2.71. The van der Waals surface area contributed by atoms with Crippen LogP contribution in [-0.4, -0.2) is 10.9 Å². The number of aromatic nitrogens is 1. The van der Waals surface area contributed by atoms with E-state index in [2.05, 4.69) is 22.4 Å². The van der Waals surface area contributed by atoms with E-state index in [0.29, 0.717) is 19.4 Å². The lowest BCUT2D eigenvalue weighted by molar-refractivity contribution is -0.128. The molecule has 22 heavy (non-hydrogen) atoms. The SMILES string of the molecule is N#CC1(C(=O)NCc2cccnc2)CCc2ccccc2C1. The number of nitrogens with zero attached hydrogens (tertiary/aromatic N) is 2. The van der Waals surface area contributed by atoms with Crippen molar-refractivity contribution >= 4 is 5.91 Å². The van der Waals surface area contributed by atoms with Crippen LogP contribution < -0.4 is 5.32 Å². The van der Waals surface area contributed by atoms with Crippen LogP contribution in [0.1, 0.15) is 23.1 Å². The zero-order chi connectivity index (χ0) is 15.4. The van der Waals surface area contributed by atoms with Gasteiger partial charge in [-0.15, -0.1) is 0 Å². The van der Waals surface area contributed by atoms with E-state index in [-0.39, 0.29) is 5.91 Å². The van der Waals surface area contributed by atoms with Gasteiger partial charge in [0.05, 0.1) is 6.07 Å². The second kappa shape index (κ2) is 5.98. The van der Waals surface area contributed by atoms with Crippen LogP contribution in [0.3, 0.4) is 0 Å². The lowest BCUT2D eigenvalue weighted by Gasteiger charge is -2.31. The van der Waals surface area contributed by atoms with E-state index in [1.807, 2.05) is 30.3 Å². The lowest BCUT2D eigenvalue weighted by Crippen LogP contribution is -2.43. The Morgan fingerprint density at radius 1 is 1.27 bits per heavy atom. The van der Waals surface area contributed by atoms with Gasteiger partial charge >= 0.3 is 0 Å². The molecule has 1 atom stereocenters. The van der Waals surface area contributed by atoms with Gasteiger partial charge in [0.15, 0.2) is 0 Å². The maximum absolute atomic E-state index is 12.6. The van der Waals surface area contributed by atoms with Crippen molar-refractivity contribution in [1.82, 2.24) is 10.3 Å². The fourth-order valence-electron chi connectivity index (χ4n) is 2.93. The van der Waals surface area contributed by atoms with Crippen LogP contribution >= 0.6 is 0 Å². The molecule has 4 heteroatoms. The van der Waals surface area contributed by atoms with Crippen LogP contribution in [0, 0.1) is 16.7 Å². The topological polar surface area (TPSA) is 65.8 Å². The van der Waals surface area contributed by atoms with Gasteiger partial charge in [0, 0.05) is 25.4 Å². The Bertz CT molecular complexity index is 721. The number of nitriles is 1. The molecule has 1 unspecified atom stereocenters. The van der Waals surface area contributed by atoms with Gasteiger partial charge in [-0.3, -0.25) is 9.78 Å². The Balaban J connectivity index is 1.74. The van der Waals surface area contributed by atoms with Crippen molar-refractivity contribution < 1.29 is 4.79 Å². The molecular weight excluding hydrogens is 274 g/mol. The van der Waals surface area contributed by atoms with Crippen molar-refractivity contribution in [2.75, 3.05) is 0 Å². The Morgan fingerprint density at radius 2 is 2.09 bits per heavy atom. The molecule has 0 radical (unpaired) electrons. The summed E-state index contributed by atoms with van der Waals surface area (Å²) < 4.78 is 0. The summed E-state index contributed by atoms with van der Waals surface area (Å²) in [5.74, 6) is -0.187. The van der Waals surface area contributed by atoms with Gasteiger partial charge in [-0.2, -0.15) is 5.26 Å². The molecule has 0 spiro atoms. The summed E-state index contributed by atoms with van der Waals surface area (Å²) in [7, 11) is 0. The first kappa shape index (κ1) is 14.3. The maximum atomic E-state index is 12.6. The number of benzene rings is 1. The van der Waals surface area contributed by atoms with E-state index in [9.17, 15) is 10.1 Å². The monoisotopic (exact) mass is 291 g/mol. The molecule has 110 valence electrons. The van der Waals surface area contributed by atoms with Crippen molar-refractivity contribution in [3.05, 3.63) is 65.5 Å². The van der Waals surface area contributed by atoms with E-state index in [4.69, 9.17) is 0 Å². The van der Waals surface area contributed by atoms with Gasteiger partial charge in [-0.05, 0) is 35.6 Å². The summed E-state index contributed by atoms with van der Waals surface area (Å²) >= 11 is 0. The van der Waals surface area contributed by atoms with Gasteiger partial charge in [0.25, 0.3) is 0 Å². The van der Waals surface area contributed by atoms with Gasteiger partial charge in [0.2, 0.25) is 5.91 Å². The van der Waals surface area contributed by atoms with E-state index in [0.717, 1.165) is 17.5 Å².